The normalized spacial score (nSPS) is 12.0. The minimum Gasteiger partial charge on any atom is -0.493 e. The van der Waals surface area contributed by atoms with Crippen LogP contribution in [0.1, 0.15) is 71.9 Å². The first-order valence-corrected chi connectivity index (χ1v) is 9.53. The number of nitrogens with one attached hydrogen (secondary N) is 1. The number of urea groups is 1. The summed E-state index contributed by atoms with van der Waals surface area (Å²) < 4.78 is 6.04. The minimum absolute atomic E-state index is 0.0307. The number of hydrogen-bond acceptors (Lipinski definition) is 3. The van der Waals surface area contributed by atoms with Crippen molar-refractivity contribution in [1.82, 2.24) is 10.4 Å². The molecule has 0 aliphatic carbocycles. The molecule has 1 aromatic rings. The topological polar surface area (TPSA) is 61.8 Å². The molecule has 5 nitrogen and oxygen atoms in total. The Morgan fingerprint density at radius 1 is 1.15 bits per heavy atom. The second-order valence-corrected chi connectivity index (χ2v) is 8.14. The quantitative estimate of drug-likeness (QED) is 0.374. The highest BCUT2D eigenvalue weighted by Gasteiger charge is 2.26. The van der Waals surface area contributed by atoms with E-state index in [-0.39, 0.29) is 10.8 Å². The van der Waals surface area contributed by atoms with Crippen molar-refractivity contribution in [2.45, 2.75) is 71.6 Å². The summed E-state index contributed by atoms with van der Waals surface area (Å²) in [7, 11) is 1.30. The van der Waals surface area contributed by atoms with Gasteiger partial charge in [0, 0.05) is 19.2 Å². The molecule has 0 saturated carbocycles. The zero-order chi connectivity index (χ0) is 20.0. The van der Waals surface area contributed by atoms with Crippen LogP contribution in [0.2, 0.25) is 0 Å². The van der Waals surface area contributed by atoms with Crippen molar-refractivity contribution in [1.29, 1.82) is 0 Å². The van der Waals surface area contributed by atoms with Gasteiger partial charge in [0.25, 0.3) is 0 Å². The molecule has 1 aromatic carbocycles. The molecule has 2 N–H and O–H groups in total. The Labute approximate surface area is 158 Å². The third kappa shape index (κ3) is 5.90. The van der Waals surface area contributed by atoms with Gasteiger partial charge in [-0.05, 0) is 41.7 Å². The van der Waals surface area contributed by atoms with Crippen LogP contribution >= 0.6 is 0 Å². The van der Waals surface area contributed by atoms with Crippen molar-refractivity contribution in [3.63, 3.8) is 0 Å². The molecule has 0 spiro atoms. The lowest BCUT2D eigenvalue weighted by molar-refractivity contribution is -0.0182. The number of benzene rings is 1. The highest BCUT2D eigenvalue weighted by atomic mass is 16.5. The first-order valence-electron chi connectivity index (χ1n) is 9.53. The van der Waals surface area contributed by atoms with E-state index in [2.05, 4.69) is 65.1 Å². The molecule has 0 aliphatic heterocycles. The molecule has 148 valence electrons. The largest absolute Gasteiger partial charge is 0.493 e. The number of hydrogen-bond donors (Lipinski definition) is 2. The third-order valence-corrected chi connectivity index (χ3v) is 5.41. The molecule has 0 saturated heterocycles. The van der Waals surface area contributed by atoms with Crippen LogP contribution in [0.4, 0.5) is 4.79 Å². The Morgan fingerprint density at radius 2 is 1.77 bits per heavy atom. The molecule has 1 rings (SSSR count). The fourth-order valence-corrected chi connectivity index (χ4v) is 2.56. The van der Waals surface area contributed by atoms with Gasteiger partial charge in [-0.3, -0.25) is 5.21 Å². The van der Waals surface area contributed by atoms with Gasteiger partial charge < -0.3 is 10.1 Å². The van der Waals surface area contributed by atoms with E-state index in [0.29, 0.717) is 24.6 Å². The highest BCUT2D eigenvalue weighted by Crippen LogP contribution is 2.38. The van der Waals surface area contributed by atoms with Crippen LogP contribution in [0.5, 0.6) is 5.75 Å². The van der Waals surface area contributed by atoms with Gasteiger partial charge in [0.15, 0.2) is 0 Å². The molecule has 0 aliphatic rings. The van der Waals surface area contributed by atoms with Gasteiger partial charge in [0.05, 0.1) is 6.61 Å². The van der Waals surface area contributed by atoms with Crippen LogP contribution in [0, 0.1) is 0 Å². The minimum atomic E-state index is -0.510. The maximum absolute atomic E-state index is 11.3. The van der Waals surface area contributed by atoms with Gasteiger partial charge in [-0.2, -0.15) is 0 Å². The van der Waals surface area contributed by atoms with Crippen molar-refractivity contribution in [3.8, 4) is 5.75 Å². The van der Waals surface area contributed by atoms with Crippen molar-refractivity contribution in [2.24, 2.45) is 0 Å². The van der Waals surface area contributed by atoms with E-state index in [0.717, 1.165) is 18.6 Å². The fraction of sp³-hybridized carbons (Fsp3) is 0.667. The molecule has 0 atom stereocenters. The predicted octanol–water partition coefficient (Wildman–Crippen LogP) is 4.86. The van der Waals surface area contributed by atoms with E-state index in [9.17, 15) is 4.79 Å². The number of nitrogens with zero attached hydrogens (tertiary/aromatic N) is 1. The van der Waals surface area contributed by atoms with Crippen LogP contribution < -0.4 is 10.1 Å². The number of amides is 2. The predicted molar refractivity (Wildman–Crippen MR) is 106 cm³/mol. The van der Waals surface area contributed by atoms with Crippen LogP contribution in [-0.2, 0) is 10.8 Å². The monoisotopic (exact) mass is 364 g/mol. The maximum atomic E-state index is 11.3. The van der Waals surface area contributed by atoms with Crippen LogP contribution in [0.25, 0.3) is 0 Å². The lowest BCUT2D eigenvalue weighted by atomic mass is 9.76. The zero-order valence-electron chi connectivity index (χ0n) is 17.5. The van der Waals surface area contributed by atoms with Crippen LogP contribution in [0.3, 0.4) is 0 Å². The Bertz CT molecular complexity index is 595. The molecule has 0 unspecified atom stereocenters. The highest BCUT2D eigenvalue weighted by molar-refractivity contribution is 5.72. The summed E-state index contributed by atoms with van der Waals surface area (Å²) in [4.78, 5) is 11.3. The van der Waals surface area contributed by atoms with Gasteiger partial charge in [0.1, 0.15) is 5.75 Å². The number of rotatable bonds is 9. The van der Waals surface area contributed by atoms with Crippen molar-refractivity contribution >= 4 is 6.03 Å². The van der Waals surface area contributed by atoms with E-state index in [4.69, 9.17) is 9.94 Å². The number of carbonyl (C=O) groups excluding carboxylic acids is 1. The number of hydroxylamine groups is 2. The summed E-state index contributed by atoms with van der Waals surface area (Å²) >= 11 is 0. The van der Waals surface area contributed by atoms with Crippen molar-refractivity contribution in [3.05, 3.63) is 29.3 Å². The SMILES string of the molecule is CCC(C)(C)c1ccc(OCCCNC(=O)N(C)O)c(C(C)(C)CC)c1. The Hall–Kier alpha value is -1.75. The van der Waals surface area contributed by atoms with Crippen molar-refractivity contribution in [2.75, 3.05) is 20.2 Å². The second-order valence-electron chi connectivity index (χ2n) is 8.14. The summed E-state index contributed by atoms with van der Waals surface area (Å²) in [5, 5.41) is 12.2. The van der Waals surface area contributed by atoms with Gasteiger partial charge in [-0.1, -0.05) is 53.7 Å². The molecule has 0 fully saturated rings. The average Bonchev–Trinajstić information content (AvgIpc) is 2.60. The summed E-state index contributed by atoms with van der Waals surface area (Å²) in [6.07, 6.45) is 2.78. The summed E-state index contributed by atoms with van der Waals surface area (Å²) in [6, 6.07) is 6.03. The smallest absolute Gasteiger partial charge is 0.340 e. The van der Waals surface area contributed by atoms with E-state index in [1.807, 2.05) is 0 Å². The molecule has 0 radical (unpaired) electrons. The van der Waals surface area contributed by atoms with E-state index in [1.54, 1.807) is 0 Å². The Morgan fingerprint density at radius 3 is 2.31 bits per heavy atom. The van der Waals surface area contributed by atoms with Gasteiger partial charge in [-0.25, -0.2) is 9.86 Å². The Kier molecular flexibility index (Phi) is 7.94. The third-order valence-electron chi connectivity index (χ3n) is 5.41. The molecule has 26 heavy (non-hydrogen) atoms. The van der Waals surface area contributed by atoms with E-state index >= 15 is 0 Å². The molecule has 5 heteroatoms. The summed E-state index contributed by atoms with van der Waals surface area (Å²) in [5.74, 6) is 0.915. The molecule has 0 bridgehead atoms. The molecular formula is C21H36N2O3. The zero-order valence-corrected chi connectivity index (χ0v) is 17.5. The van der Waals surface area contributed by atoms with E-state index < -0.39 is 6.03 Å². The molecule has 0 heterocycles. The average molecular weight is 365 g/mol. The molecule has 0 aromatic heterocycles. The molecular weight excluding hydrogens is 328 g/mol. The Balaban J connectivity index is 2.85. The standard InChI is InChI=1S/C21H36N2O3/c1-8-20(3,4)16-11-12-18(17(15-16)21(5,6)9-2)26-14-10-13-22-19(24)23(7)25/h11-12,15,25H,8-10,13-14H2,1-7H3,(H,22,24). The lowest BCUT2D eigenvalue weighted by Crippen LogP contribution is -2.35. The lowest BCUT2D eigenvalue weighted by Gasteiger charge is -2.30. The van der Waals surface area contributed by atoms with E-state index in [1.165, 1.54) is 18.2 Å². The first kappa shape index (κ1) is 22.3. The van der Waals surface area contributed by atoms with Crippen molar-refractivity contribution < 1.29 is 14.7 Å². The van der Waals surface area contributed by atoms with Crippen LogP contribution in [-0.4, -0.2) is 36.5 Å². The van der Waals surface area contributed by atoms with Gasteiger partial charge in [0.2, 0.25) is 0 Å². The first-order chi connectivity index (χ1) is 12.0. The molecule has 2 amide bonds. The maximum Gasteiger partial charge on any atom is 0.340 e. The second kappa shape index (κ2) is 9.26. The van der Waals surface area contributed by atoms with Gasteiger partial charge >= 0.3 is 6.03 Å². The summed E-state index contributed by atoms with van der Waals surface area (Å²) in [5.41, 5.74) is 2.74. The summed E-state index contributed by atoms with van der Waals surface area (Å²) in [6.45, 7) is 14.4. The van der Waals surface area contributed by atoms with Gasteiger partial charge in [-0.15, -0.1) is 0 Å². The fourth-order valence-electron chi connectivity index (χ4n) is 2.56. The van der Waals surface area contributed by atoms with Crippen LogP contribution in [0.15, 0.2) is 18.2 Å². The number of carbonyl (C=O) groups is 1. The number of ether oxygens (including phenoxy) is 1.